The average Bonchev–Trinajstić information content (AvgIpc) is 2.68. The number of H-pyrrole nitrogens is 1. The number of halogens is 1. The van der Waals surface area contributed by atoms with Crippen molar-refractivity contribution in [2.24, 2.45) is 0 Å². The van der Waals surface area contributed by atoms with E-state index in [1.54, 1.807) is 6.92 Å². The molecule has 28 heavy (non-hydrogen) atoms. The van der Waals surface area contributed by atoms with Gasteiger partial charge >= 0.3 is 5.69 Å². The fourth-order valence-electron chi connectivity index (χ4n) is 2.73. The van der Waals surface area contributed by atoms with Crippen LogP contribution in [0.5, 0.6) is 0 Å². The van der Waals surface area contributed by atoms with Crippen molar-refractivity contribution < 1.29 is 9.18 Å². The lowest BCUT2D eigenvalue weighted by molar-refractivity contribution is -0.122. The van der Waals surface area contributed by atoms with E-state index in [0.717, 1.165) is 6.07 Å². The molecular weight excluding hydrogens is 367 g/mol. The smallest absolute Gasteiger partial charge is 0.329 e. The number of hydrogen-bond acceptors (Lipinski definition) is 6. The number of aryl methyl sites for hydroxylation is 1. The largest absolute Gasteiger partial charge is 0.345 e. The van der Waals surface area contributed by atoms with E-state index in [-0.39, 0.29) is 27.9 Å². The van der Waals surface area contributed by atoms with E-state index >= 15 is 0 Å². The minimum absolute atomic E-state index is 0.0101. The second-order valence-corrected chi connectivity index (χ2v) is 6.15. The maximum absolute atomic E-state index is 13.8. The first kappa shape index (κ1) is 18.9. The van der Waals surface area contributed by atoms with E-state index < -0.39 is 35.6 Å². The summed E-state index contributed by atoms with van der Waals surface area (Å²) in [4.78, 5) is 47.6. The van der Waals surface area contributed by atoms with E-state index in [2.05, 4.69) is 20.3 Å². The SMILES string of the molecule is Cc1c(F)ccc2[nH]c(=O)n(CC(=O)N[C@H](C)c3ncc(C#N)cn3)c(=O)c12. The van der Waals surface area contributed by atoms with Gasteiger partial charge in [0.05, 0.1) is 22.5 Å². The van der Waals surface area contributed by atoms with Gasteiger partial charge < -0.3 is 10.3 Å². The number of carbonyl (C=O) groups is 1. The first-order chi connectivity index (χ1) is 13.3. The lowest BCUT2D eigenvalue weighted by Crippen LogP contribution is -2.41. The number of nitrogens with zero attached hydrogens (tertiary/aromatic N) is 4. The number of aromatic nitrogens is 4. The molecule has 3 rings (SSSR count). The van der Waals surface area contributed by atoms with Crippen LogP contribution in [0.2, 0.25) is 0 Å². The number of carbonyl (C=O) groups excluding carboxylic acids is 1. The molecule has 1 aromatic carbocycles. The number of rotatable bonds is 4. The summed E-state index contributed by atoms with van der Waals surface area (Å²) in [7, 11) is 0. The van der Waals surface area contributed by atoms with Crippen LogP contribution in [0.3, 0.4) is 0 Å². The molecule has 3 aromatic rings. The summed E-state index contributed by atoms with van der Waals surface area (Å²) in [6, 6.07) is 3.73. The third-order valence-corrected chi connectivity index (χ3v) is 4.21. The van der Waals surface area contributed by atoms with Crippen molar-refractivity contribution in [3.05, 3.63) is 68.1 Å². The van der Waals surface area contributed by atoms with Gasteiger partial charge in [-0.1, -0.05) is 0 Å². The van der Waals surface area contributed by atoms with Crippen molar-refractivity contribution in [3.63, 3.8) is 0 Å². The number of aromatic amines is 1. The standard InChI is InChI=1S/C18H15FN6O3/c1-9-12(19)3-4-13-15(9)17(27)25(18(28)24-13)8-14(26)23-10(2)16-21-6-11(5-20)7-22-16/h3-4,6-7,10H,8H2,1-2H3,(H,23,26)(H,24,28)/t10-/m1/s1. The van der Waals surface area contributed by atoms with Gasteiger partial charge in [0.2, 0.25) is 5.91 Å². The molecule has 0 aliphatic carbocycles. The Morgan fingerprint density at radius 2 is 2.04 bits per heavy atom. The van der Waals surface area contributed by atoms with Crippen LogP contribution in [-0.4, -0.2) is 25.4 Å². The zero-order valence-electron chi connectivity index (χ0n) is 15.0. The molecular formula is C18H15FN6O3. The molecule has 142 valence electrons. The molecule has 0 saturated heterocycles. The van der Waals surface area contributed by atoms with Crippen LogP contribution in [-0.2, 0) is 11.3 Å². The molecule has 0 radical (unpaired) electrons. The van der Waals surface area contributed by atoms with Crippen LogP contribution in [0.1, 0.15) is 29.9 Å². The Labute approximate surface area is 157 Å². The van der Waals surface area contributed by atoms with Gasteiger partial charge in [0.15, 0.2) is 0 Å². The molecule has 1 amide bonds. The minimum Gasteiger partial charge on any atom is -0.345 e. The van der Waals surface area contributed by atoms with Gasteiger partial charge in [-0.05, 0) is 31.5 Å². The van der Waals surface area contributed by atoms with Gasteiger partial charge in [-0.25, -0.2) is 19.2 Å². The van der Waals surface area contributed by atoms with Gasteiger partial charge in [-0.3, -0.25) is 14.2 Å². The molecule has 9 nitrogen and oxygen atoms in total. The van der Waals surface area contributed by atoms with E-state index in [9.17, 15) is 18.8 Å². The summed E-state index contributed by atoms with van der Waals surface area (Å²) in [6.07, 6.45) is 2.64. The molecule has 2 N–H and O–H groups in total. The van der Waals surface area contributed by atoms with E-state index in [4.69, 9.17) is 5.26 Å². The van der Waals surface area contributed by atoms with E-state index in [1.165, 1.54) is 25.4 Å². The van der Waals surface area contributed by atoms with Crippen LogP contribution >= 0.6 is 0 Å². The third kappa shape index (κ3) is 3.50. The summed E-state index contributed by atoms with van der Waals surface area (Å²) >= 11 is 0. The average molecular weight is 382 g/mol. The summed E-state index contributed by atoms with van der Waals surface area (Å²) in [5.74, 6) is -0.939. The van der Waals surface area contributed by atoms with Crippen molar-refractivity contribution in [1.82, 2.24) is 24.8 Å². The Morgan fingerprint density at radius 3 is 2.68 bits per heavy atom. The Bertz CT molecular complexity index is 1220. The van der Waals surface area contributed by atoms with Crippen molar-refractivity contribution >= 4 is 16.8 Å². The van der Waals surface area contributed by atoms with Gasteiger partial charge in [-0.15, -0.1) is 0 Å². The van der Waals surface area contributed by atoms with E-state index in [0.29, 0.717) is 4.57 Å². The quantitative estimate of drug-likeness (QED) is 0.681. The predicted octanol–water partition coefficient (Wildman–Crippen LogP) is 0.676. The lowest BCUT2D eigenvalue weighted by Gasteiger charge is -2.13. The molecule has 0 bridgehead atoms. The molecule has 10 heteroatoms. The van der Waals surface area contributed by atoms with Crippen molar-refractivity contribution in [2.75, 3.05) is 0 Å². The normalized spacial score (nSPS) is 11.8. The predicted molar refractivity (Wildman–Crippen MR) is 96.8 cm³/mol. The maximum Gasteiger partial charge on any atom is 0.329 e. The molecule has 0 aliphatic heterocycles. The maximum atomic E-state index is 13.8. The number of fused-ring (bicyclic) bond motifs is 1. The monoisotopic (exact) mass is 382 g/mol. The van der Waals surface area contributed by atoms with Crippen molar-refractivity contribution in [2.45, 2.75) is 26.4 Å². The highest BCUT2D eigenvalue weighted by Gasteiger charge is 2.17. The summed E-state index contributed by atoms with van der Waals surface area (Å²) in [5.41, 5.74) is -0.967. The number of nitrogens with one attached hydrogen (secondary N) is 2. The summed E-state index contributed by atoms with van der Waals surface area (Å²) < 4.78 is 14.5. The molecule has 0 unspecified atom stereocenters. The zero-order chi connectivity index (χ0) is 20.4. The third-order valence-electron chi connectivity index (χ3n) is 4.21. The first-order valence-corrected chi connectivity index (χ1v) is 8.25. The number of amides is 1. The molecule has 0 saturated carbocycles. The van der Waals surface area contributed by atoms with Crippen molar-refractivity contribution in [1.29, 1.82) is 5.26 Å². The van der Waals surface area contributed by atoms with Gasteiger partial charge in [0, 0.05) is 12.4 Å². The molecule has 2 aromatic heterocycles. The Kier molecular flexibility index (Phi) is 5.00. The minimum atomic E-state index is -0.777. The fraction of sp³-hybridized carbons (Fsp3) is 0.222. The Hall–Kier alpha value is -3.87. The second kappa shape index (κ2) is 7.40. The fourth-order valence-corrected chi connectivity index (χ4v) is 2.73. The Morgan fingerprint density at radius 1 is 1.36 bits per heavy atom. The van der Waals surface area contributed by atoms with Gasteiger partial charge in [-0.2, -0.15) is 5.26 Å². The molecule has 0 aliphatic rings. The van der Waals surface area contributed by atoms with E-state index in [1.807, 2.05) is 6.07 Å². The van der Waals surface area contributed by atoms with Crippen LogP contribution < -0.4 is 16.6 Å². The molecule has 1 atom stereocenters. The Balaban J connectivity index is 1.86. The second-order valence-electron chi connectivity index (χ2n) is 6.15. The summed E-state index contributed by atoms with van der Waals surface area (Å²) in [5, 5.41) is 11.3. The topological polar surface area (TPSA) is 134 Å². The molecule has 2 heterocycles. The highest BCUT2D eigenvalue weighted by molar-refractivity contribution is 5.81. The zero-order valence-corrected chi connectivity index (χ0v) is 15.0. The van der Waals surface area contributed by atoms with Gasteiger partial charge in [0.25, 0.3) is 5.56 Å². The number of nitriles is 1. The lowest BCUT2D eigenvalue weighted by atomic mass is 10.1. The van der Waals surface area contributed by atoms with Crippen LogP contribution in [0.15, 0.2) is 34.1 Å². The summed E-state index contributed by atoms with van der Waals surface area (Å²) in [6.45, 7) is 2.49. The highest BCUT2D eigenvalue weighted by Crippen LogP contribution is 2.14. The van der Waals surface area contributed by atoms with Gasteiger partial charge in [0.1, 0.15) is 24.3 Å². The van der Waals surface area contributed by atoms with Crippen LogP contribution in [0.4, 0.5) is 4.39 Å². The van der Waals surface area contributed by atoms with Crippen LogP contribution in [0, 0.1) is 24.1 Å². The first-order valence-electron chi connectivity index (χ1n) is 8.25. The number of benzene rings is 1. The van der Waals surface area contributed by atoms with Crippen LogP contribution in [0.25, 0.3) is 10.9 Å². The highest BCUT2D eigenvalue weighted by atomic mass is 19.1. The molecule has 0 spiro atoms. The van der Waals surface area contributed by atoms with Crippen molar-refractivity contribution in [3.8, 4) is 6.07 Å². The number of hydrogen-bond donors (Lipinski definition) is 2. The molecule has 0 fully saturated rings.